The molecule has 1 aromatic rings. The standard InChI is InChI=1S/C13H22N4O/c1-8-12(14)15-9(2)16-13(8)17-11-5-3-10(7-18)4-6-11/h10-11,18H,3-7H2,1-2H3,(H3,14,15,16,17). The highest BCUT2D eigenvalue weighted by Gasteiger charge is 2.21. The van der Waals surface area contributed by atoms with Crippen LogP contribution in [0.2, 0.25) is 0 Å². The Morgan fingerprint density at radius 2 is 1.89 bits per heavy atom. The van der Waals surface area contributed by atoms with Crippen LogP contribution in [0.3, 0.4) is 0 Å². The fourth-order valence-corrected chi connectivity index (χ4v) is 2.47. The molecular formula is C13H22N4O. The molecule has 0 radical (unpaired) electrons. The van der Waals surface area contributed by atoms with E-state index in [2.05, 4.69) is 15.3 Å². The van der Waals surface area contributed by atoms with Crippen molar-refractivity contribution in [1.82, 2.24) is 9.97 Å². The van der Waals surface area contributed by atoms with Crippen molar-refractivity contribution in [1.29, 1.82) is 0 Å². The Labute approximate surface area is 108 Å². The highest BCUT2D eigenvalue weighted by atomic mass is 16.3. The Hall–Kier alpha value is -1.36. The van der Waals surface area contributed by atoms with Crippen LogP contribution in [0.1, 0.15) is 37.1 Å². The summed E-state index contributed by atoms with van der Waals surface area (Å²) in [4.78, 5) is 8.56. The summed E-state index contributed by atoms with van der Waals surface area (Å²) >= 11 is 0. The maximum atomic E-state index is 9.13. The first kappa shape index (κ1) is 13.1. The Balaban J connectivity index is 2.02. The van der Waals surface area contributed by atoms with Crippen LogP contribution in [0.5, 0.6) is 0 Å². The molecule has 0 aliphatic heterocycles. The normalized spacial score (nSPS) is 23.9. The Morgan fingerprint density at radius 3 is 2.50 bits per heavy atom. The molecule has 4 N–H and O–H groups in total. The van der Waals surface area contributed by atoms with Gasteiger partial charge in [-0.3, -0.25) is 0 Å². The Kier molecular flexibility index (Phi) is 4.01. The van der Waals surface area contributed by atoms with Crippen molar-refractivity contribution in [2.75, 3.05) is 17.7 Å². The molecule has 0 unspecified atom stereocenters. The van der Waals surface area contributed by atoms with Gasteiger partial charge in [-0.15, -0.1) is 0 Å². The molecule has 0 bridgehead atoms. The highest BCUT2D eigenvalue weighted by molar-refractivity contribution is 5.55. The molecule has 0 atom stereocenters. The van der Waals surface area contributed by atoms with Crippen LogP contribution < -0.4 is 11.1 Å². The molecule has 2 rings (SSSR count). The molecule has 0 spiro atoms. The van der Waals surface area contributed by atoms with Crippen molar-refractivity contribution in [2.24, 2.45) is 5.92 Å². The van der Waals surface area contributed by atoms with Crippen LogP contribution in [0, 0.1) is 19.8 Å². The van der Waals surface area contributed by atoms with Gasteiger partial charge < -0.3 is 16.2 Å². The summed E-state index contributed by atoms with van der Waals surface area (Å²) in [5.74, 6) is 2.58. The minimum Gasteiger partial charge on any atom is -0.396 e. The van der Waals surface area contributed by atoms with Crippen molar-refractivity contribution in [3.8, 4) is 0 Å². The van der Waals surface area contributed by atoms with E-state index >= 15 is 0 Å². The van der Waals surface area contributed by atoms with Gasteiger partial charge in [0.15, 0.2) is 0 Å². The summed E-state index contributed by atoms with van der Waals surface area (Å²) in [6, 6.07) is 0.431. The number of aryl methyl sites for hydroxylation is 1. The molecule has 18 heavy (non-hydrogen) atoms. The van der Waals surface area contributed by atoms with E-state index in [0.29, 0.717) is 30.2 Å². The van der Waals surface area contributed by atoms with Crippen molar-refractivity contribution in [3.63, 3.8) is 0 Å². The van der Waals surface area contributed by atoms with Crippen molar-refractivity contribution >= 4 is 11.6 Å². The average Bonchev–Trinajstić information content (AvgIpc) is 2.36. The van der Waals surface area contributed by atoms with Gasteiger partial charge in [0.05, 0.1) is 0 Å². The van der Waals surface area contributed by atoms with E-state index in [1.54, 1.807) is 0 Å². The molecule has 1 aliphatic carbocycles. The van der Waals surface area contributed by atoms with Crippen LogP contribution in [0.4, 0.5) is 11.6 Å². The molecule has 1 fully saturated rings. The molecule has 1 aliphatic rings. The number of aliphatic hydroxyl groups is 1. The number of nitrogens with two attached hydrogens (primary N) is 1. The molecule has 1 aromatic heterocycles. The SMILES string of the molecule is Cc1nc(N)c(C)c(NC2CCC(CO)CC2)n1. The van der Waals surface area contributed by atoms with Gasteiger partial charge in [0, 0.05) is 18.2 Å². The molecule has 1 heterocycles. The van der Waals surface area contributed by atoms with Gasteiger partial charge in [0.1, 0.15) is 17.5 Å². The lowest BCUT2D eigenvalue weighted by Crippen LogP contribution is -2.28. The van der Waals surface area contributed by atoms with Crippen LogP contribution in [-0.4, -0.2) is 27.7 Å². The zero-order valence-electron chi connectivity index (χ0n) is 11.1. The minimum atomic E-state index is 0.311. The molecule has 0 amide bonds. The topological polar surface area (TPSA) is 84.1 Å². The van der Waals surface area contributed by atoms with Crippen LogP contribution in [0.15, 0.2) is 0 Å². The second-order valence-electron chi connectivity index (χ2n) is 5.17. The first-order chi connectivity index (χ1) is 8.60. The predicted molar refractivity (Wildman–Crippen MR) is 72.4 cm³/mol. The second-order valence-corrected chi connectivity index (χ2v) is 5.17. The summed E-state index contributed by atoms with van der Waals surface area (Å²) in [6.45, 7) is 4.10. The highest BCUT2D eigenvalue weighted by Crippen LogP contribution is 2.27. The summed E-state index contributed by atoms with van der Waals surface area (Å²) < 4.78 is 0. The number of hydrogen-bond donors (Lipinski definition) is 3. The number of hydrogen-bond acceptors (Lipinski definition) is 5. The lowest BCUT2D eigenvalue weighted by molar-refractivity contribution is 0.185. The minimum absolute atomic E-state index is 0.311. The number of nitrogens with zero attached hydrogens (tertiary/aromatic N) is 2. The maximum Gasteiger partial charge on any atom is 0.134 e. The third-order valence-corrected chi connectivity index (χ3v) is 3.74. The number of anilines is 2. The largest absolute Gasteiger partial charge is 0.396 e. The first-order valence-corrected chi connectivity index (χ1v) is 6.58. The van der Waals surface area contributed by atoms with E-state index in [-0.39, 0.29) is 0 Å². The quantitative estimate of drug-likeness (QED) is 0.759. The lowest BCUT2D eigenvalue weighted by atomic mass is 9.86. The van der Waals surface area contributed by atoms with E-state index < -0.39 is 0 Å². The Morgan fingerprint density at radius 1 is 1.22 bits per heavy atom. The van der Waals surface area contributed by atoms with E-state index in [1.165, 1.54) is 0 Å². The second kappa shape index (κ2) is 5.52. The molecular weight excluding hydrogens is 228 g/mol. The monoisotopic (exact) mass is 250 g/mol. The zero-order valence-corrected chi connectivity index (χ0v) is 11.1. The maximum absolute atomic E-state index is 9.13. The number of nitrogens with one attached hydrogen (secondary N) is 1. The number of aromatic nitrogens is 2. The van der Waals surface area contributed by atoms with Crippen LogP contribution in [0.25, 0.3) is 0 Å². The van der Waals surface area contributed by atoms with Gasteiger partial charge >= 0.3 is 0 Å². The summed E-state index contributed by atoms with van der Waals surface area (Å²) in [5.41, 5.74) is 6.77. The average molecular weight is 250 g/mol. The smallest absolute Gasteiger partial charge is 0.134 e. The van der Waals surface area contributed by atoms with Crippen molar-refractivity contribution < 1.29 is 5.11 Å². The van der Waals surface area contributed by atoms with E-state index in [4.69, 9.17) is 10.8 Å². The Bertz CT molecular complexity index is 414. The molecule has 100 valence electrons. The lowest BCUT2D eigenvalue weighted by Gasteiger charge is -2.28. The van der Waals surface area contributed by atoms with Crippen molar-refractivity contribution in [2.45, 2.75) is 45.6 Å². The third kappa shape index (κ3) is 2.90. The summed E-state index contributed by atoms with van der Waals surface area (Å²) in [7, 11) is 0. The summed E-state index contributed by atoms with van der Waals surface area (Å²) in [5, 5.41) is 12.6. The van der Waals surface area contributed by atoms with Gasteiger partial charge in [0.2, 0.25) is 0 Å². The molecule has 0 aromatic carbocycles. The van der Waals surface area contributed by atoms with Gasteiger partial charge in [-0.25, -0.2) is 9.97 Å². The van der Waals surface area contributed by atoms with Gasteiger partial charge in [0.25, 0.3) is 0 Å². The first-order valence-electron chi connectivity index (χ1n) is 6.58. The molecule has 5 heteroatoms. The molecule has 1 saturated carbocycles. The fraction of sp³-hybridized carbons (Fsp3) is 0.692. The predicted octanol–water partition coefficient (Wildman–Crippen LogP) is 1.64. The fourth-order valence-electron chi connectivity index (χ4n) is 2.47. The summed E-state index contributed by atoms with van der Waals surface area (Å²) in [6.07, 6.45) is 4.31. The van der Waals surface area contributed by atoms with E-state index in [9.17, 15) is 0 Å². The van der Waals surface area contributed by atoms with Gasteiger partial charge in [-0.2, -0.15) is 0 Å². The number of nitrogen functional groups attached to an aromatic ring is 1. The van der Waals surface area contributed by atoms with E-state index in [1.807, 2.05) is 13.8 Å². The molecule has 0 saturated heterocycles. The van der Waals surface area contributed by atoms with E-state index in [0.717, 1.165) is 37.1 Å². The number of aliphatic hydroxyl groups excluding tert-OH is 1. The third-order valence-electron chi connectivity index (χ3n) is 3.74. The zero-order chi connectivity index (χ0) is 13.1. The van der Waals surface area contributed by atoms with Gasteiger partial charge in [-0.1, -0.05) is 0 Å². The van der Waals surface area contributed by atoms with Crippen LogP contribution in [-0.2, 0) is 0 Å². The van der Waals surface area contributed by atoms with Crippen LogP contribution >= 0.6 is 0 Å². The molecule has 5 nitrogen and oxygen atoms in total. The van der Waals surface area contributed by atoms with Crippen molar-refractivity contribution in [3.05, 3.63) is 11.4 Å². The van der Waals surface area contributed by atoms with Gasteiger partial charge in [-0.05, 0) is 45.4 Å². The number of rotatable bonds is 3.